The zero-order valence-corrected chi connectivity index (χ0v) is 8.96. The third-order valence-corrected chi connectivity index (χ3v) is 2.26. The molecule has 0 saturated carbocycles. The molecule has 1 amide bonds. The van der Waals surface area contributed by atoms with Gasteiger partial charge in [0.25, 0.3) is 5.91 Å². The molecule has 0 unspecified atom stereocenters. The second-order valence-corrected chi connectivity index (χ2v) is 3.54. The van der Waals surface area contributed by atoms with E-state index in [1.54, 1.807) is 12.3 Å². The van der Waals surface area contributed by atoms with Crippen molar-refractivity contribution in [2.45, 2.75) is 25.7 Å². The predicted octanol–water partition coefficient (Wildman–Crippen LogP) is 1.26. The lowest BCUT2D eigenvalue weighted by molar-refractivity contribution is 0.0948. The summed E-state index contributed by atoms with van der Waals surface area (Å²) in [5.74, 6) is -0.0289. The summed E-state index contributed by atoms with van der Waals surface area (Å²) in [6, 6.07) is 3.58. The fourth-order valence-electron chi connectivity index (χ4n) is 1.39. The first-order chi connectivity index (χ1) is 7.34. The highest BCUT2D eigenvalue weighted by Gasteiger charge is 2.03. The van der Waals surface area contributed by atoms with Crippen molar-refractivity contribution in [3.8, 4) is 0 Å². The maximum absolute atomic E-state index is 11.4. The van der Waals surface area contributed by atoms with Crippen molar-refractivity contribution in [2.75, 3.05) is 13.1 Å². The fourth-order valence-corrected chi connectivity index (χ4v) is 1.39. The van der Waals surface area contributed by atoms with E-state index in [1.165, 1.54) is 0 Å². The van der Waals surface area contributed by atoms with E-state index in [4.69, 9.17) is 5.73 Å². The average Bonchev–Trinajstić information content (AvgIpc) is 2.76. The van der Waals surface area contributed by atoms with Crippen LogP contribution in [0.15, 0.2) is 18.3 Å². The molecule has 4 N–H and O–H groups in total. The van der Waals surface area contributed by atoms with Gasteiger partial charge in [-0.05, 0) is 31.5 Å². The molecular formula is C11H19N3O. The molecule has 0 fully saturated rings. The van der Waals surface area contributed by atoms with Gasteiger partial charge in [0, 0.05) is 12.7 Å². The molecule has 84 valence electrons. The van der Waals surface area contributed by atoms with Crippen molar-refractivity contribution in [1.82, 2.24) is 10.3 Å². The molecule has 0 aromatic carbocycles. The molecule has 1 heterocycles. The zero-order valence-electron chi connectivity index (χ0n) is 8.96. The Morgan fingerprint density at radius 2 is 2.13 bits per heavy atom. The summed E-state index contributed by atoms with van der Waals surface area (Å²) in [6.45, 7) is 1.50. The monoisotopic (exact) mass is 209 g/mol. The van der Waals surface area contributed by atoms with Gasteiger partial charge in [-0.1, -0.05) is 12.8 Å². The summed E-state index contributed by atoms with van der Waals surface area (Å²) in [5, 5.41) is 2.86. The first-order valence-corrected chi connectivity index (χ1v) is 5.46. The molecule has 0 radical (unpaired) electrons. The molecule has 1 aromatic rings. The molecule has 0 bridgehead atoms. The van der Waals surface area contributed by atoms with Gasteiger partial charge in [-0.25, -0.2) is 0 Å². The van der Waals surface area contributed by atoms with Crippen LogP contribution in [0, 0.1) is 0 Å². The molecule has 4 heteroatoms. The minimum atomic E-state index is -0.0289. The largest absolute Gasteiger partial charge is 0.357 e. The number of rotatable bonds is 7. The second kappa shape index (κ2) is 7.06. The van der Waals surface area contributed by atoms with E-state index in [0.717, 1.165) is 38.8 Å². The summed E-state index contributed by atoms with van der Waals surface area (Å²) in [5.41, 5.74) is 6.00. The molecule has 4 nitrogen and oxygen atoms in total. The van der Waals surface area contributed by atoms with Crippen molar-refractivity contribution >= 4 is 5.91 Å². The van der Waals surface area contributed by atoms with Gasteiger partial charge in [-0.2, -0.15) is 0 Å². The van der Waals surface area contributed by atoms with Gasteiger partial charge in [0.15, 0.2) is 0 Å². The van der Waals surface area contributed by atoms with E-state index in [0.29, 0.717) is 5.69 Å². The van der Waals surface area contributed by atoms with Crippen molar-refractivity contribution in [3.63, 3.8) is 0 Å². The highest BCUT2D eigenvalue weighted by Crippen LogP contribution is 1.98. The van der Waals surface area contributed by atoms with Crippen LogP contribution in [0.2, 0.25) is 0 Å². The zero-order chi connectivity index (χ0) is 10.9. The van der Waals surface area contributed by atoms with E-state index >= 15 is 0 Å². The number of hydrogen-bond donors (Lipinski definition) is 3. The third kappa shape index (κ3) is 4.65. The smallest absolute Gasteiger partial charge is 0.267 e. The van der Waals surface area contributed by atoms with Crippen LogP contribution >= 0.6 is 0 Å². The molecule has 0 spiro atoms. The third-order valence-electron chi connectivity index (χ3n) is 2.26. The van der Waals surface area contributed by atoms with Gasteiger partial charge < -0.3 is 16.0 Å². The number of nitrogens with two attached hydrogens (primary N) is 1. The Hall–Kier alpha value is -1.29. The number of nitrogens with one attached hydrogen (secondary N) is 2. The predicted molar refractivity (Wildman–Crippen MR) is 60.6 cm³/mol. The molecule has 0 saturated heterocycles. The second-order valence-electron chi connectivity index (χ2n) is 3.54. The highest BCUT2D eigenvalue weighted by molar-refractivity contribution is 5.92. The molecular weight excluding hydrogens is 190 g/mol. The maximum Gasteiger partial charge on any atom is 0.267 e. The number of unbranched alkanes of at least 4 members (excludes halogenated alkanes) is 3. The molecule has 0 aliphatic rings. The summed E-state index contributed by atoms with van der Waals surface area (Å²) in [4.78, 5) is 14.3. The first kappa shape index (κ1) is 11.8. The van der Waals surface area contributed by atoms with Crippen LogP contribution in [0.25, 0.3) is 0 Å². The Labute approximate surface area is 90.2 Å². The van der Waals surface area contributed by atoms with Gasteiger partial charge in [0.05, 0.1) is 0 Å². The lowest BCUT2D eigenvalue weighted by Gasteiger charge is -2.03. The summed E-state index contributed by atoms with van der Waals surface area (Å²) in [6.07, 6.45) is 6.12. The Morgan fingerprint density at radius 3 is 2.80 bits per heavy atom. The van der Waals surface area contributed by atoms with Gasteiger partial charge in [0.2, 0.25) is 0 Å². The molecule has 0 aliphatic heterocycles. The number of hydrogen-bond acceptors (Lipinski definition) is 2. The number of carbonyl (C=O) groups is 1. The van der Waals surface area contributed by atoms with E-state index < -0.39 is 0 Å². The Morgan fingerprint density at radius 1 is 1.33 bits per heavy atom. The van der Waals surface area contributed by atoms with E-state index in [1.807, 2.05) is 6.07 Å². The molecule has 0 atom stereocenters. The molecule has 15 heavy (non-hydrogen) atoms. The van der Waals surface area contributed by atoms with Gasteiger partial charge in [-0.3, -0.25) is 4.79 Å². The topological polar surface area (TPSA) is 70.9 Å². The Bertz CT molecular complexity index is 269. The number of carbonyl (C=O) groups excluding carboxylic acids is 1. The van der Waals surface area contributed by atoms with Crippen LogP contribution in [0.1, 0.15) is 36.2 Å². The number of H-pyrrole nitrogens is 1. The van der Waals surface area contributed by atoms with Crippen molar-refractivity contribution < 1.29 is 4.79 Å². The minimum Gasteiger partial charge on any atom is -0.357 e. The molecule has 1 rings (SSSR count). The number of amides is 1. The minimum absolute atomic E-state index is 0.0289. The van der Waals surface area contributed by atoms with Crippen LogP contribution in [-0.4, -0.2) is 24.0 Å². The van der Waals surface area contributed by atoms with Gasteiger partial charge in [-0.15, -0.1) is 0 Å². The Balaban J connectivity index is 2.03. The van der Waals surface area contributed by atoms with Crippen LogP contribution < -0.4 is 11.1 Å². The van der Waals surface area contributed by atoms with Crippen molar-refractivity contribution in [2.24, 2.45) is 5.73 Å². The summed E-state index contributed by atoms with van der Waals surface area (Å²) < 4.78 is 0. The van der Waals surface area contributed by atoms with Crippen molar-refractivity contribution in [1.29, 1.82) is 0 Å². The molecule has 0 aliphatic carbocycles. The van der Waals surface area contributed by atoms with E-state index in [9.17, 15) is 4.79 Å². The van der Waals surface area contributed by atoms with Gasteiger partial charge >= 0.3 is 0 Å². The quantitative estimate of drug-likeness (QED) is 0.592. The van der Waals surface area contributed by atoms with Crippen LogP contribution in [0.4, 0.5) is 0 Å². The Kier molecular flexibility index (Phi) is 5.55. The van der Waals surface area contributed by atoms with Crippen LogP contribution in [0.3, 0.4) is 0 Å². The van der Waals surface area contributed by atoms with Gasteiger partial charge in [0.1, 0.15) is 5.69 Å². The summed E-state index contributed by atoms with van der Waals surface area (Å²) in [7, 11) is 0. The number of aromatic amines is 1. The maximum atomic E-state index is 11.4. The van der Waals surface area contributed by atoms with Crippen molar-refractivity contribution in [3.05, 3.63) is 24.0 Å². The van der Waals surface area contributed by atoms with E-state index in [2.05, 4.69) is 10.3 Å². The summed E-state index contributed by atoms with van der Waals surface area (Å²) >= 11 is 0. The first-order valence-electron chi connectivity index (χ1n) is 5.46. The molecule has 1 aromatic heterocycles. The van der Waals surface area contributed by atoms with E-state index in [-0.39, 0.29) is 5.91 Å². The standard InChI is InChI=1S/C11H19N3O/c12-7-3-1-2-4-8-14-11(15)10-6-5-9-13-10/h5-6,9,13H,1-4,7-8,12H2,(H,14,15). The number of aromatic nitrogens is 1. The van der Waals surface area contributed by atoms with Crippen LogP contribution in [0.5, 0.6) is 0 Å². The van der Waals surface area contributed by atoms with Crippen LogP contribution in [-0.2, 0) is 0 Å². The SMILES string of the molecule is NCCCCCCNC(=O)c1ccc[nH]1. The highest BCUT2D eigenvalue weighted by atomic mass is 16.1. The fraction of sp³-hybridized carbons (Fsp3) is 0.545. The lowest BCUT2D eigenvalue weighted by atomic mass is 10.2. The average molecular weight is 209 g/mol. The lowest BCUT2D eigenvalue weighted by Crippen LogP contribution is -2.24. The normalized spacial score (nSPS) is 10.2.